The second kappa shape index (κ2) is 5.23. The smallest absolute Gasteiger partial charge is 0.286 e. The lowest BCUT2D eigenvalue weighted by molar-refractivity contribution is -0.510. The first-order valence-corrected chi connectivity index (χ1v) is 5.48. The van der Waals surface area contributed by atoms with Crippen LogP contribution < -0.4 is 0 Å². The Bertz CT molecular complexity index is 552. The van der Waals surface area contributed by atoms with Crippen molar-refractivity contribution >= 4 is 5.78 Å². The molecule has 1 unspecified atom stereocenters. The minimum Gasteiger partial charge on any atom is -0.286 e. The molecule has 0 N–H and O–H groups in total. The predicted molar refractivity (Wildman–Crippen MR) is 66.9 cm³/mol. The molecule has 4 nitrogen and oxygen atoms in total. The van der Waals surface area contributed by atoms with Crippen molar-refractivity contribution in [3.05, 3.63) is 81.9 Å². The largest absolute Gasteiger partial charge is 0.299 e. The molecule has 4 heteroatoms. The molecule has 0 saturated carbocycles. The molecular formula is C14H11NO3. The van der Waals surface area contributed by atoms with E-state index in [1.54, 1.807) is 60.7 Å². The molecule has 0 fully saturated rings. The summed E-state index contributed by atoms with van der Waals surface area (Å²) in [5.41, 5.74) is 0.749. The maximum Gasteiger partial charge on any atom is 0.299 e. The predicted octanol–water partition coefficient (Wildman–Crippen LogP) is 2.89. The van der Waals surface area contributed by atoms with Crippen molar-refractivity contribution in [1.29, 1.82) is 0 Å². The van der Waals surface area contributed by atoms with Crippen molar-refractivity contribution in [2.45, 2.75) is 6.04 Å². The average Bonchev–Trinajstić information content (AvgIpc) is 2.40. The molecule has 0 aliphatic carbocycles. The van der Waals surface area contributed by atoms with Gasteiger partial charge in [0.15, 0.2) is 0 Å². The Kier molecular flexibility index (Phi) is 3.48. The SMILES string of the molecule is O=C(c1ccccc1)C(c1ccccc1)[N+](=O)[O-]. The maximum absolute atomic E-state index is 12.1. The number of ketones is 1. The highest BCUT2D eigenvalue weighted by molar-refractivity contribution is 5.99. The first-order valence-electron chi connectivity index (χ1n) is 5.48. The van der Waals surface area contributed by atoms with E-state index in [2.05, 4.69) is 0 Å². The summed E-state index contributed by atoms with van der Waals surface area (Å²) in [6.45, 7) is 0. The fourth-order valence-electron chi connectivity index (χ4n) is 1.76. The maximum atomic E-state index is 12.1. The van der Waals surface area contributed by atoms with Crippen molar-refractivity contribution < 1.29 is 9.72 Å². The molecule has 0 aliphatic rings. The zero-order chi connectivity index (χ0) is 13.0. The molecule has 0 aliphatic heterocycles. The van der Waals surface area contributed by atoms with Gasteiger partial charge in [-0.2, -0.15) is 0 Å². The summed E-state index contributed by atoms with van der Waals surface area (Å²) in [5.74, 6) is -0.494. The van der Waals surface area contributed by atoms with E-state index >= 15 is 0 Å². The van der Waals surface area contributed by atoms with Gasteiger partial charge in [-0.15, -0.1) is 0 Å². The molecular weight excluding hydrogens is 230 g/mol. The van der Waals surface area contributed by atoms with Crippen LogP contribution in [0, 0.1) is 10.1 Å². The Morgan fingerprint density at radius 3 is 1.94 bits per heavy atom. The Hall–Kier alpha value is -2.49. The Morgan fingerprint density at radius 1 is 0.944 bits per heavy atom. The van der Waals surface area contributed by atoms with Crippen molar-refractivity contribution in [2.75, 3.05) is 0 Å². The Morgan fingerprint density at radius 2 is 1.44 bits per heavy atom. The van der Waals surface area contributed by atoms with E-state index in [0.29, 0.717) is 11.1 Å². The highest BCUT2D eigenvalue weighted by Crippen LogP contribution is 2.21. The summed E-state index contributed by atoms with van der Waals surface area (Å²) in [6, 6.07) is 15.3. The molecule has 18 heavy (non-hydrogen) atoms. The molecule has 0 aromatic heterocycles. The molecule has 0 spiro atoms. The van der Waals surface area contributed by atoms with Crippen molar-refractivity contribution in [3.63, 3.8) is 0 Å². The van der Waals surface area contributed by atoms with Gasteiger partial charge in [-0.3, -0.25) is 14.9 Å². The quantitative estimate of drug-likeness (QED) is 0.469. The molecule has 0 radical (unpaired) electrons. The highest BCUT2D eigenvalue weighted by atomic mass is 16.6. The summed E-state index contributed by atoms with van der Waals surface area (Å²) in [7, 11) is 0. The van der Waals surface area contributed by atoms with Gasteiger partial charge in [0.25, 0.3) is 6.04 Å². The number of Topliss-reactive ketones (excluding diaryl/α,β-unsaturated/α-hetero) is 1. The van der Waals surface area contributed by atoms with Gasteiger partial charge in [-0.1, -0.05) is 60.7 Å². The number of nitrogens with zero attached hydrogens (tertiary/aromatic N) is 1. The molecule has 2 aromatic rings. The highest BCUT2D eigenvalue weighted by Gasteiger charge is 2.32. The topological polar surface area (TPSA) is 60.2 Å². The number of carbonyl (C=O) groups excluding carboxylic acids is 1. The van der Waals surface area contributed by atoms with E-state index in [0.717, 1.165) is 0 Å². The van der Waals surface area contributed by atoms with Gasteiger partial charge in [0, 0.05) is 16.1 Å². The zero-order valence-electron chi connectivity index (χ0n) is 9.52. The van der Waals surface area contributed by atoms with E-state index in [4.69, 9.17) is 0 Å². The first kappa shape index (κ1) is 12.0. The van der Waals surface area contributed by atoms with Gasteiger partial charge in [0.1, 0.15) is 0 Å². The molecule has 0 amide bonds. The zero-order valence-corrected chi connectivity index (χ0v) is 9.52. The van der Waals surface area contributed by atoms with Crippen LogP contribution in [-0.2, 0) is 0 Å². The number of carbonyl (C=O) groups is 1. The van der Waals surface area contributed by atoms with Gasteiger partial charge in [-0.05, 0) is 0 Å². The molecule has 2 rings (SSSR count). The van der Waals surface area contributed by atoms with Crippen molar-refractivity contribution in [1.82, 2.24) is 0 Å². The third kappa shape index (κ3) is 2.43. The first-order chi connectivity index (χ1) is 8.70. The normalized spacial score (nSPS) is 11.8. The number of hydrogen-bond acceptors (Lipinski definition) is 3. The minimum absolute atomic E-state index is 0.350. The van der Waals surface area contributed by atoms with Gasteiger partial charge < -0.3 is 0 Å². The molecule has 90 valence electrons. The van der Waals surface area contributed by atoms with Crippen LogP contribution in [0.15, 0.2) is 60.7 Å². The third-order valence-electron chi connectivity index (χ3n) is 2.63. The van der Waals surface area contributed by atoms with Crippen LogP contribution in [-0.4, -0.2) is 10.7 Å². The molecule has 1 atom stereocenters. The minimum atomic E-state index is -1.34. The van der Waals surface area contributed by atoms with Crippen LogP contribution in [0.1, 0.15) is 22.0 Å². The van der Waals surface area contributed by atoms with Crippen molar-refractivity contribution in [2.24, 2.45) is 0 Å². The third-order valence-corrected chi connectivity index (χ3v) is 2.63. The van der Waals surface area contributed by atoms with E-state index in [1.807, 2.05) is 0 Å². The van der Waals surface area contributed by atoms with E-state index in [9.17, 15) is 14.9 Å². The van der Waals surface area contributed by atoms with Crippen molar-refractivity contribution in [3.8, 4) is 0 Å². The second-order valence-corrected chi connectivity index (χ2v) is 3.83. The number of rotatable bonds is 4. The molecule has 0 saturated heterocycles. The molecule has 2 aromatic carbocycles. The van der Waals surface area contributed by atoms with Crippen LogP contribution in [0.3, 0.4) is 0 Å². The Balaban J connectivity index is 2.39. The number of benzene rings is 2. The van der Waals surface area contributed by atoms with Crippen LogP contribution >= 0.6 is 0 Å². The van der Waals surface area contributed by atoms with Gasteiger partial charge in [-0.25, -0.2) is 0 Å². The average molecular weight is 241 g/mol. The summed E-state index contributed by atoms with van der Waals surface area (Å²) < 4.78 is 0. The standard InChI is InChI=1S/C14H11NO3/c16-14(12-9-5-2-6-10-12)13(15(17)18)11-7-3-1-4-8-11/h1-10,13H. The summed E-state index contributed by atoms with van der Waals surface area (Å²) >= 11 is 0. The number of nitro groups is 1. The van der Waals surface area contributed by atoms with Crippen LogP contribution in [0.4, 0.5) is 0 Å². The number of hydrogen-bond donors (Lipinski definition) is 0. The summed E-state index contributed by atoms with van der Waals surface area (Å²) in [6.07, 6.45) is 0. The summed E-state index contributed by atoms with van der Waals surface area (Å²) in [4.78, 5) is 22.7. The summed E-state index contributed by atoms with van der Waals surface area (Å²) in [5, 5.41) is 11.1. The van der Waals surface area contributed by atoms with E-state index < -0.39 is 16.7 Å². The lowest BCUT2D eigenvalue weighted by Gasteiger charge is -2.08. The van der Waals surface area contributed by atoms with E-state index in [1.165, 1.54) is 0 Å². The second-order valence-electron chi connectivity index (χ2n) is 3.83. The van der Waals surface area contributed by atoms with Gasteiger partial charge in [0.05, 0.1) is 0 Å². The van der Waals surface area contributed by atoms with Gasteiger partial charge in [0.2, 0.25) is 5.78 Å². The lowest BCUT2D eigenvalue weighted by atomic mass is 9.98. The van der Waals surface area contributed by atoms with Crippen LogP contribution in [0.25, 0.3) is 0 Å². The van der Waals surface area contributed by atoms with Crippen LogP contribution in [0.5, 0.6) is 0 Å². The molecule has 0 bridgehead atoms. The lowest BCUT2D eigenvalue weighted by Crippen LogP contribution is -2.21. The fraction of sp³-hybridized carbons (Fsp3) is 0.0714. The van der Waals surface area contributed by atoms with E-state index in [-0.39, 0.29) is 0 Å². The molecule has 0 heterocycles. The van der Waals surface area contributed by atoms with Gasteiger partial charge >= 0.3 is 0 Å². The Labute approximate surface area is 104 Å². The van der Waals surface area contributed by atoms with Crippen LogP contribution in [0.2, 0.25) is 0 Å². The fourth-order valence-corrected chi connectivity index (χ4v) is 1.76. The monoisotopic (exact) mass is 241 g/mol.